The lowest BCUT2D eigenvalue weighted by atomic mass is 10.1. The van der Waals surface area contributed by atoms with Crippen molar-refractivity contribution in [2.75, 3.05) is 52.9 Å². The van der Waals surface area contributed by atoms with Crippen LogP contribution in [-0.2, 0) is 4.79 Å². The zero-order valence-electron chi connectivity index (χ0n) is 14.3. The summed E-state index contributed by atoms with van der Waals surface area (Å²) in [5.41, 5.74) is 2.30. The number of halogens is 1. The number of ether oxygens (including phenoxy) is 1. The molecule has 1 heterocycles. The highest BCUT2D eigenvalue weighted by atomic mass is 35.5. The van der Waals surface area contributed by atoms with Crippen molar-refractivity contribution >= 4 is 18.3 Å². The van der Waals surface area contributed by atoms with Crippen molar-refractivity contribution in [1.82, 2.24) is 15.1 Å². The van der Waals surface area contributed by atoms with E-state index >= 15 is 0 Å². The minimum atomic E-state index is 0. The summed E-state index contributed by atoms with van der Waals surface area (Å²) in [6.45, 7) is 9.31. The third-order valence-electron chi connectivity index (χ3n) is 4.00. The third-order valence-corrected chi connectivity index (χ3v) is 4.00. The van der Waals surface area contributed by atoms with Crippen molar-refractivity contribution in [1.29, 1.82) is 0 Å². The van der Waals surface area contributed by atoms with Crippen LogP contribution in [-0.4, -0.2) is 68.6 Å². The van der Waals surface area contributed by atoms with Gasteiger partial charge in [0.05, 0.1) is 6.54 Å². The normalized spacial score (nSPS) is 14.5. The topological polar surface area (TPSA) is 44.8 Å². The molecule has 0 aromatic heterocycles. The highest BCUT2D eigenvalue weighted by Gasteiger charge is 2.17. The van der Waals surface area contributed by atoms with Gasteiger partial charge in [-0.3, -0.25) is 9.69 Å². The molecule has 130 valence electrons. The first-order valence-electron chi connectivity index (χ1n) is 7.94. The molecule has 1 amide bonds. The molecule has 1 aliphatic heterocycles. The van der Waals surface area contributed by atoms with Crippen LogP contribution in [0.15, 0.2) is 18.2 Å². The van der Waals surface area contributed by atoms with Gasteiger partial charge >= 0.3 is 0 Å². The number of hydrogen-bond donors (Lipinski definition) is 1. The smallest absolute Gasteiger partial charge is 0.236 e. The van der Waals surface area contributed by atoms with Gasteiger partial charge in [-0.15, -0.1) is 12.4 Å². The van der Waals surface area contributed by atoms with Crippen molar-refractivity contribution in [3.63, 3.8) is 0 Å². The number of rotatable bonds is 6. The van der Waals surface area contributed by atoms with Gasteiger partial charge in [0, 0.05) is 32.7 Å². The van der Waals surface area contributed by atoms with Crippen LogP contribution in [0.25, 0.3) is 0 Å². The molecule has 5 nitrogen and oxygen atoms in total. The first-order chi connectivity index (χ1) is 10.6. The summed E-state index contributed by atoms with van der Waals surface area (Å²) in [6, 6.07) is 6.15. The fourth-order valence-electron chi connectivity index (χ4n) is 2.65. The predicted octanol–water partition coefficient (Wildman–Crippen LogP) is 1.47. The van der Waals surface area contributed by atoms with Gasteiger partial charge in [-0.25, -0.2) is 0 Å². The summed E-state index contributed by atoms with van der Waals surface area (Å²) in [4.78, 5) is 16.1. The third kappa shape index (κ3) is 6.01. The highest BCUT2D eigenvalue weighted by molar-refractivity contribution is 5.85. The van der Waals surface area contributed by atoms with E-state index in [2.05, 4.69) is 31.3 Å². The van der Waals surface area contributed by atoms with Crippen LogP contribution in [0, 0.1) is 13.8 Å². The highest BCUT2D eigenvalue weighted by Crippen LogP contribution is 2.22. The summed E-state index contributed by atoms with van der Waals surface area (Å²) in [5.74, 6) is 1.17. The van der Waals surface area contributed by atoms with Crippen LogP contribution in [0.5, 0.6) is 5.75 Å². The summed E-state index contributed by atoms with van der Waals surface area (Å²) in [6.07, 6.45) is 0. The van der Waals surface area contributed by atoms with E-state index in [-0.39, 0.29) is 18.3 Å². The van der Waals surface area contributed by atoms with Crippen molar-refractivity contribution in [3.05, 3.63) is 29.3 Å². The number of hydrogen-bond acceptors (Lipinski definition) is 4. The molecule has 1 N–H and O–H groups in total. The lowest BCUT2D eigenvalue weighted by Gasteiger charge is -2.29. The fraction of sp³-hybridized carbons (Fsp3) is 0.588. The van der Waals surface area contributed by atoms with Crippen LogP contribution < -0.4 is 10.1 Å². The van der Waals surface area contributed by atoms with E-state index < -0.39 is 0 Å². The summed E-state index contributed by atoms with van der Waals surface area (Å²) >= 11 is 0. The zero-order valence-corrected chi connectivity index (χ0v) is 15.1. The van der Waals surface area contributed by atoms with Crippen molar-refractivity contribution in [3.8, 4) is 5.75 Å². The molecule has 1 aromatic carbocycles. The number of likely N-dealkylation sites (N-methyl/N-ethyl adjacent to an activating group) is 1. The largest absolute Gasteiger partial charge is 0.492 e. The Balaban J connectivity index is 0.00000264. The van der Waals surface area contributed by atoms with E-state index in [1.165, 1.54) is 0 Å². The molecule has 0 saturated carbocycles. The molecule has 6 heteroatoms. The molecule has 1 aliphatic rings. The summed E-state index contributed by atoms with van der Waals surface area (Å²) < 4.78 is 5.89. The maximum absolute atomic E-state index is 12.2. The van der Waals surface area contributed by atoms with Gasteiger partial charge in [0.15, 0.2) is 0 Å². The van der Waals surface area contributed by atoms with E-state index in [0.29, 0.717) is 13.2 Å². The number of nitrogens with zero attached hydrogens (tertiary/aromatic N) is 2. The van der Waals surface area contributed by atoms with Gasteiger partial charge in [-0.05, 0) is 32.0 Å². The Bertz CT molecular complexity index is 484. The number of aryl methyl sites for hydroxylation is 2. The molecular formula is C17H28ClN3O2. The van der Waals surface area contributed by atoms with Gasteiger partial charge in [-0.1, -0.05) is 18.2 Å². The Labute approximate surface area is 145 Å². The lowest BCUT2D eigenvalue weighted by Crippen LogP contribution is -2.49. The van der Waals surface area contributed by atoms with Crippen LogP contribution in [0.2, 0.25) is 0 Å². The molecule has 0 atom stereocenters. The van der Waals surface area contributed by atoms with Crippen LogP contribution >= 0.6 is 12.4 Å². The second-order valence-electron chi connectivity index (χ2n) is 5.94. The van der Waals surface area contributed by atoms with E-state index in [0.717, 1.165) is 49.6 Å². The van der Waals surface area contributed by atoms with Crippen LogP contribution in [0.3, 0.4) is 0 Å². The quantitative estimate of drug-likeness (QED) is 0.851. The molecule has 2 rings (SSSR count). The number of para-hydroxylation sites is 1. The molecule has 0 spiro atoms. The average Bonchev–Trinajstić information content (AvgIpc) is 2.51. The minimum absolute atomic E-state index is 0. The standard InChI is InChI=1S/C17H27N3O2.ClH/c1-14-5-4-6-15(2)17(14)22-12-11-19(3)13-16(21)20-9-7-18-8-10-20;/h4-6,18H,7-13H2,1-3H3;1H. The number of benzene rings is 1. The summed E-state index contributed by atoms with van der Waals surface area (Å²) in [7, 11) is 1.97. The Kier molecular flexibility index (Phi) is 8.37. The zero-order chi connectivity index (χ0) is 15.9. The van der Waals surface area contributed by atoms with Crippen molar-refractivity contribution < 1.29 is 9.53 Å². The van der Waals surface area contributed by atoms with E-state index in [4.69, 9.17) is 4.74 Å². The molecule has 1 fully saturated rings. The molecule has 0 radical (unpaired) electrons. The van der Waals surface area contributed by atoms with Gasteiger partial charge in [-0.2, -0.15) is 0 Å². The fourth-order valence-corrected chi connectivity index (χ4v) is 2.65. The van der Waals surface area contributed by atoms with Gasteiger partial charge in [0.25, 0.3) is 0 Å². The number of carbonyl (C=O) groups excluding carboxylic acids is 1. The molecular weight excluding hydrogens is 314 g/mol. The molecule has 1 saturated heterocycles. The molecule has 0 bridgehead atoms. The number of carbonyl (C=O) groups is 1. The molecule has 0 unspecified atom stereocenters. The van der Waals surface area contributed by atoms with Crippen LogP contribution in [0.4, 0.5) is 0 Å². The number of nitrogens with one attached hydrogen (secondary N) is 1. The second-order valence-corrected chi connectivity index (χ2v) is 5.94. The maximum Gasteiger partial charge on any atom is 0.236 e. The average molecular weight is 342 g/mol. The molecule has 0 aliphatic carbocycles. The number of piperazine rings is 1. The van der Waals surface area contributed by atoms with Crippen LogP contribution in [0.1, 0.15) is 11.1 Å². The van der Waals surface area contributed by atoms with E-state index in [1.54, 1.807) is 0 Å². The summed E-state index contributed by atoms with van der Waals surface area (Å²) in [5, 5.41) is 3.26. The Morgan fingerprint density at radius 2 is 1.87 bits per heavy atom. The monoisotopic (exact) mass is 341 g/mol. The van der Waals surface area contributed by atoms with Crippen molar-refractivity contribution in [2.24, 2.45) is 0 Å². The first kappa shape index (κ1) is 19.7. The predicted molar refractivity (Wildman–Crippen MR) is 95.6 cm³/mol. The Morgan fingerprint density at radius 3 is 2.48 bits per heavy atom. The Hall–Kier alpha value is -1.30. The van der Waals surface area contributed by atoms with Gasteiger partial charge in [0.1, 0.15) is 12.4 Å². The minimum Gasteiger partial charge on any atom is -0.492 e. The first-order valence-corrected chi connectivity index (χ1v) is 7.94. The van der Waals surface area contributed by atoms with Gasteiger partial charge in [0.2, 0.25) is 5.91 Å². The Morgan fingerprint density at radius 1 is 1.26 bits per heavy atom. The number of amides is 1. The van der Waals surface area contributed by atoms with Gasteiger partial charge < -0.3 is 15.0 Å². The molecule has 1 aromatic rings. The van der Waals surface area contributed by atoms with E-state index in [9.17, 15) is 4.79 Å². The lowest BCUT2D eigenvalue weighted by molar-refractivity contribution is -0.132. The molecule has 23 heavy (non-hydrogen) atoms. The second kappa shape index (κ2) is 9.75. The van der Waals surface area contributed by atoms with E-state index in [1.807, 2.05) is 22.9 Å². The maximum atomic E-state index is 12.2. The van der Waals surface area contributed by atoms with Crippen molar-refractivity contribution in [2.45, 2.75) is 13.8 Å². The SMILES string of the molecule is Cc1cccc(C)c1OCCN(C)CC(=O)N1CCNCC1.Cl.